The first-order chi connectivity index (χ1) is 28.3. The Kier molecular flexibility index (Phi) is 13.3. The second kappa shape index (κ2) is 17.5. The first-order valence-corrected chi connectivity index (χ1v) is 22.4. The van der Waals surface area contributed by atoms with Crippen molar-refractivity contribution >= 4 is 0 Å². The molecule has 4 aliphatic carbocycles. The molecule has 24 atom stereocenters. The second-order valence-electron chi connectivity index (χ2n) is 19.8. The van der Waals surface area contributed by atoms with Gasteiger partial charge >= 0.3 is 0 Å². The fourth-order valence-electron chi connectivity index (χ4n) is 12.8. The second-order valence-corrected chi connectivity index (χ2v) is 19.8. The van der Waals surface area contributed by atoms with Crippen molar-refractivity contribution < 1.29 is 83.9 Å². The molecular formula is C43H70O17. The van der Waals surface area contributed by atoms with E-state index in [0.29, 0.717) is 5.92 Å². The number of hydrogen-bond donors (Lipinski definition) is 9. The molecule has 24 unspecified atom stereocenters. The minimum atomic E-state index is -1.56. The van der Waals surface area contributed by atoms with Crippen LogP contribution in [0.5, 0.6) is 0 Å². The van der Waals surface area contributed by atoms with E-state index in [1.54, 1.807) is 13.8 Å². The van der Waals surface area contributed by atoms with Crippen LogP contribution in [0.1, 0.15) is 98.8 Å². The van der Waals surface area contributed by atoms with Gasteiger partial charge in [-0.05, 0) is 95.3 Å². The number of aliphatic hydroxyl groups excluding tert-OH is 8. The summed E-state index contributed by atoms with van der Waals surface area (Å²) >= 11 is 0. The van der Waals surface area contributed by atoms with Gasteiger partial charge in [-0.2, -0.15) is 0 Å². The fourth-order valence-corrected chi connectivity index (χ4v) is 12.8. The maximum absolute atomic E-state index is 12.3. The van der Waals surface area contributed by atoms with E-state index in [-0.39, 0.29) is 54.8 Å². The minimum absolute atomic E-state index is 0.0353. The van der Waals surface area contributed by atoms with E-state index in [1.807, 2.05) is 6.92 Å². The summed E-state index contributed by atoms with van der Waals surface area (Å²) in [4.78, 5) is 0. The van der Waals surface area contributed by atoms with Crippen LogP contribution in [0.2, 0.25) is 0 Å². The summed E-state index contributed by atoms with van der Waals surface area (Å²) in [6, 6.07) is 0. The molecule has 7 fully saturated rings. The molecular weight excluding hydrogens is 788 g/mol. The summed E-state index contributed by atoms with van der Waals surface area (Å²) in [6.45, 7) is 9.35. The molecule has 17 nitrogen and oxygen atoms in total. The molecule has 4 heterocycles. The molecule has 8 aliphatic rings. The van der Waals surface area contributed by atoms with Crippen LogP contribution in [0.3, 0.4) is 0 Å². The van der Waals surface area contributed by atoms with Gasteiger partial charge in [-0.25, -0.2) is 0 Å². The quantitative estimate of drug-likeness (QED) is 0.140. The van der Waals surface area contributed by atoms with E-state index >= 15 is 0 Å². The highest BCUT2D eigenvalue weighted by molar-refractivity contribution is 5.28. The molecule has 0 aromatic heterocycles. The van der Waals surface area contributed by atoms with E-state index in [2.05, 4.69) is 19.9 Å². The summed E-state index contributed by atoms with van der Waals surface area (Å²) in [5.41, 5.74) is 0.303. The lowest BCUT2D eigenvalue weighted by molar-refractivity contribution is -0.352. The summed E-state index contributed by atoms with van der Waals surface area (Å²) in [6.07, 6.45) is -9.41. The van der Waals surface area contributed by atoms with Crippen molar-refractivity contribution in [1.82, 2.24) is 0 Å². The Morgan fingerprint density at radius 2 is 1.27 bits per heavy atom. The molecule has 0 spiro atoms. The van der Waals surface area contributed by atoms with E-state index in [9.17, 15) is 46.0 Å². The van der Waals surface area contributed by atoms with E-state index in [0.717, 1.165) is 51.4 Å². The van der Waals surface area contributed by atoms with Crippen molar-refractivity contribution in [3.8, 4) is 0 Å². The van der Waals surface area contributed by atoms with Crippen LogP contribution in [0, 0.1) is 28.6 Å². The highest BCUT2D eigenvalue weighted by atomic mass is 16.8. The highest BCUT2D eigenvalue weighted by Gasteiger charge is 2.67. The molecule has 0 amide bonds. The number of rotatable bonds is 9. The average molecular weight is 859 g/mol. The normalized spacial score (nSPS) is 55.3. The summed E-state index contributed by atoms with van der Waals surface area (Å²) < 4.78 is 47.4. The van der Waals surface area contributed by atoms with Gasteiger partial charge in [0.25, 0.3) is 0 Å². The molecule has 4 saturated heterocycles. The van der Waals surface area contributed by atoms with E-state index in [4.69, 9.17) is 37.9 Å². The van der Waals surface area contributed by atoms with Crippen LogP contribution in [-0.4, -0.2) is 175 Å². The van der Waals surface area contributed by atoms with Gasteiger partial charge in [-0.15, -0.1) is 0 Å². The Labute approximate surface area is 351 Å². The number of hydrogen-bond acceptors (Lipinski definition) is 17. The first kappa shape index (κ1) is 45.6. The lowest BCUT2D eigenvalue weighted by Crippen LogP contribution is -2.61. The van der Waals surface area contributed by atoms with Gasteiger partial charge in [0.05, 0.1) is 55.4 Å². The zero-order valence-electron chi connectivity index (χ0n) is 35.5. The molecule has 9 N–H and O–H groups in total. The zero-order valence-corrected chi connectivity index (χ0v) is 35.5. The van der Waals surface area contributed by atoms with Crippen molar-refractivity contribution in [3.63, 3.8) is 0 Å². The SMILES string of the molecule is CC(O)C1CCC2(O)C3CCC4=CC(OC5CC(O)C(OC6OCC(OC7CC(O)C(OC8OCC(O)C(O)C8O)C(C)O7)C(O)C6O)C(C)O5)CCC4(C)C3CCC12C. The Morgan fingerprint density at radius 1 is 0.667 bits per heavy atom. The van der Waals surface area contributed by atoms with Crippen LogP contribution in [0.4, 0.5) is 0 Å². The van der Waals surface area contributed by atoms with Crippen molar-refractivity contribution in [2.45, 2.75) is 215 Å². The summed E-state index contributed by atoms with van der Waals surface area (Å²) in [5, 5.41) is 97.1. The van der Waals surface area contributed by atoms with Gasteiger partial charge in [0.1, 0.15) is 48.8 Å². The van der Waals surface area contributed by atoms with Gasteiger partial charge in [-0.1, -0.05) is 25.5 Å². The molecule has 0 radical (unpaired) electrons. The highest BCUT2D eigenvalue weighted by Crippen LogP contribution is 2.69. The van der Waals surface area contributed by atoms with Crippen LogP contribution in [0.25, 0.3) is 0 Å². The third kappa shape index (κ3) is 8.07. The molecule has 8 rings (SSSR count). The van der Waals surface area contributed by atoms with Crippen LogP contribution in [0.15, 0.2) is 11.6 Å². The molecule has 0 bridgehead atoms. The number of fused-ring (bicyclic) bond motifs is 5. The minimum Gasteiger partial charge on any atom is -0.393 e. The molecule has 0 aromatic carbocycles. The topological polar surface area (TPSA) is 256 Å². The Hall–Kier alpha value is -0.940. The average Bonchev–Trinajstić information content (AvgIpc) is 3.48. The largest absolute Gasteiger partial charge is 0.393 e. The van der Waals surface area contributed by atoms with E-state index in [1.165, 1.54) is 5.57 Å². The lowest BCUT2D eigenvalue weighted by atomic mass is 9.45. The smallest absolute Gasteiger partial charge is 0.186 e. The predicted molar refractivity (Wildman–Crippen MR) is 207 cm³/mol. The fraction of sp³-hybridized carbons (Fsp3) is 0.953. The lowest BCUT2D eigenvalue weighted by Gasteiger charge is -2.62. The standard InChI is InChI=1S/C43H70O17/c1-19(44)24-10-13-43(52)26-7-6-22-14-23(8-11-41(22,4)25(26)9-12-42(24,43)5)57-31-15-27(45)37(20(2)55-31)60-40-36(51)34(49)30(18-54-40)58-32-16-28(46)38(21(3)56-32)59-39-35(50)33(48)29(47)17-53-39/h14,19-21,23-40,44-52H,6-13,15-18H2,1-5H3. The number of aliphatic hydroxyl groups is 9. The Bertz CT molecular complexity index is 1500. The Balaban J connectivity index is 0.806. The van der Waals surface area contributed by atoms with Gasteiger partial charge in [0.2, 0.25) is 0 Å². The maximum Gasteiger partial charge on any atom is 0.186 e. The molecule has 4 aliphatic heterocycles. The van der Waals surface area contributed by atoms with Crippen LogP contribution in [-0.2, 0) is 37.9 Å². The Morgan fingerprint density at radius 3 is 1.88 bits per heavy atom. The number of ether oxygens (including phenoxy) is 8. The monoisotopic (exact) mass is 858 g/mol. The predicted octanol–water partition coefficient (Wildman–Crippen LogP) is 0.111. The zero-order chi connectivity index (χ0) is 43.1. The molecule has 3 saturated carbocycles. The molecule has 60 heavy (non-hydrogen) atoms. The molecule has 344 valence electrons. The van der Waals surface area contributed by atoms with Crippen molar-refractivity contribution in [2.24, 2.45) is 28.6 Å². The van der Waals surface area contributed by atoms with Gasteiger partial charge in [-0.3, -0.25) is 0 Å². The molecule has 0 aromatic rings. The van der Waals surface area contributed by atoms with Crippen molar-refractivity contribution in [3.05, 3.63) is 11.6 Å². The van der Waals surface area contributed by atoms with Gasteiger partial charge in [0.15, 0.2) is 25.2 Å². The first-order valence-electron chi connectivity index (χ1n) is 22.4. The van der Waals surface area contributed by atoms with E-state index < -0.39 is 110 Å². The molecule has 17 heteroatoms. The maximum atomic E-state index is 12.3. The third-order valence-corrected chi connectivity index (χ3v) is 16.3. The third-order valence-electron chi connectivity index (χ3n) is 16.3. The van der Waals surface area contributed by atoms with Crippen molar-refractivity contribution in [2.75, 3.05) is 13.2 Å². The van der Waals surface area contributed by atoms with Gasteiger partial charge < -0.3 is 83.9 Å². The van der Waals surface area contributed by atoms with Crippen LogP contribution < -0.4 is 0 Å². The van der Waals surface area contributed by atoms with Crippen LogP contribution >= 0.6 is 0 Å². The summed E-state index contributed by atoms with van der Waals surface area (Å²) in [7, 11) is 0. The number of allylic oxidation sites excluding steroid dienone is 1. The van der Waals surface area contributed by atoms with Gasteiger partial charge in [0, 0.05) is 18.3 Å². The summed E-state index contributed by atoms with van der Waals surface area (Å²) in [5.74, 6) is 0.686. The van der Waals surface area contributed by atoms with Crippen molar-refractivity contribution in [1.29, 1.82) is 0 Å².